The molecule has 4 rings (SSSR count). The number of nitrogens with zero attached hydrogens (tertiary/aromatic N) is 2. The molecule has 0 N–H and O–H groups in total. The standard InChI is InChI=1S/C22H16ClFN2O3/c23-17-8-6-16(7-9-17)21-12-20(25-29-21)22(27)26(14-19-5-2-10-28-19)13-15-3-1-4-18(24)11-15/h1-12H,13-14H2. The third-order valence-corrected chi connectivity index (χ3v) is 4.59. The number of halogens is 2. The van der Waals surface area contributed by atoms with E-state index in [0.29, 0.717) is 22.1 Å². The van der Waals surface area contributed by atoms with Crippen LogP contribution in [0.2, 0.25) is 5.02 Å². The Labute approximate surface area is 171 Å². The second-order valence-electron chi connectivity index (χ2n) is 6.45. The van der Waals surface area contributed by atoms with Gasteiger partial charge in [0.1, 0.15) is 11.6 Å². The summed E-state index contributed by atoms with van der Waals surface area (Å²) in [6.45, 7) is 0.409. The van der Waals surface area contributed by atoms with Crippen molar-refractivity contribution in [2.75, 3.05) is 0 Å². The fourth-order valence-corrected chi connectivity index (χ4v) is 3.06. The zero-order valence-corrected chi connectivity index (χ0v) is 16.0. The van der Waals surface area contributed by atoms with Crippen molar-refractivity contribution < 1.29 is 18.1 Å². The van der Waals surface area contributed by atoms with E-state index in [1.165, 1.54) is 23.3 Å². The van der Waals surface area contributed by atoms with Crippen molar-refractivity contribution in [1.82, 2.24) is 10.1 Å². The second-order valence-corrected chi connectivity index (χ2v) is 6.89. The van der Waals surface area contributed by atoms with Gasteiger partial charge < -0.3 is 13.8 Å². The number of aromatic nitrogens is 1. The van der Waals surface area contributed by atoms with Gasteiger partial charge in [0, 0.05) is 23.2 Å². The molecule has 0 aliphatic carbocycles. The summed E-state index contributed by atoms with van der Waals surface area (Å²) in [7, 11) is 0. The molecule has 0 bridgehead atoms. The van der Waals surface area contributed by atoms with Gasteiger partial charge in [-0.15, -0.1) is 0 Å². The van der Waals surface area contributed by atoms with E-state index in [0.717, 1.165) is 5.56 Å². The highest BCUT2D eigenvalue weighted by Crippen LogP contribution is 2.23. The molecule has 146 valence electrons. The summed E-state index contributed by atoms with van der Waals surface area (Å²) >= 11 is 5.91. The predicted octanol–water partition coefficient (Wildman–Crippen LogP) is 5.57. The van der Waals surface area contributed by atoms with Crippen molar-refractivity contribution in [2.45, 2.75) is 13.1 Å². The van der Waals surface area contributed by atoms with Crippen molar-refractivity contribution in [2.24, 2.45) is 0 Å². The molecule has 0 saturated heterocycles. The maximum Gasteiger partial charge on any atom is 0.276 e. The molecule has 0 radical (unpaired) electrons. The van der Waals surface area contributed by atoms with Crippen LogP contribution < -0.4 is 0 Å². The van der Waals surface area contributed by atoms with Crippen molar-refractivity contribution in [3.63, 3.8) is 0 Å². The molecular formula is C22H16ClFN2O3. The first-order chi connectivity index (χ1) is 14.1. The molecule has 0 fully saturated rings. The van der Waals surface area contributed by atoms with Gasteiger partial charge in [0.05, 0.1) is 12.8 Å². The normalized spacial score (nSPS) is 10.8. The Kier molecular flexibility index (Phi) is 5.44. The lowest BCUT2D eigenvalue weighted by Crippen LogP contribution is -2.30. The summed E-state index contributed by atoms with van der Waals surface area (Å²) in [6, 6.07) is 18.2. The number of carbonyl (C=O) groups excluding carboxylic acids is 1. The van der Waals surface area contributed by atoms with Crippen LogP contribution in [-0.4, -0.2) is 16.0 Å². The van der Waals surface area contributed by atoms with Gasteiger partial charge >= 0.3 is 0 Å². The highest BCUT2D eigenvalue weighted by molar-refractivity contribution is 6.30. The Morgan fingerprint density at radius 1 is 1.03 bits per heavy atom. The predicted molar refractivity (Wildman–Crippen MR) is 106 cm³/mol. The molecule has 1 amide bonds. The third-order valence-electron chi connectivity index (χ3n) is 4.33. The lowest BCUT2D eigenvalue weighted by Gasteiger charge is -2.20. The first kappa shape index (κ1) is 19.0. The van der Waals surface area contributed by atoms with Gasteiger partial charge in [-0.3, -0.25) is 4.79 Å². The Balaban J connectivity index is 1.59. The van der Waals surface area contributed by atoms with E-state index < -0.39 is 0 Å². The van der Waals surface area contributed by atoms with E-state index >= 15 is 0 Å². The van der Waals surface area contributed by atoms with Crippen LogP contribution in [0.4, 0.5) is 4.39 Å². The van der Waals surface area contributed by atoms with Crippen molar-refractivity contribution >= 4 is 17.5 Å². The summed E-state index contributed by atoms with van der Waals surface area (Å²) in [5.41, 5.74) is 1.56. The largest absolute Gasteiger partial charge is 0.467 e. The minimum Gasteiger partial charge on any atom is -0.467 e. The van der Waals surface area contributed by atoms with Gasteiger partial charge in [0.15, 0.2) is 11.5 Å². The maximum atomic E-state index is 13.6. The second kappa shape index (κ2) is 8.32. The average Bonchev–Trinajstić information content (AvgIpc) is 3.40. The monoisotopic (exact) mass is 410 g/mol. The van der Waals surface area contributed by atoms with Crippen molar-refractivity contribution in [1.29, 1.82) is 0 Å². The summed E-state index contributed by atoms with van der Waals surface area (Å²) in [5.74, 6) is 0.346. The van der Waals surface area contributed by atoms with Crippen LogP contribution in [0.3, 0.4) is 0 Å². The highest BCUT2D eigenvalue weighted by Gasteiger charge is 2.22. The molecule has 5 nitrogen and oxygen atoms in total. The van der Waals surface area contributed by atoms with Gasteiger partial charge in [-0.25, -0.2) is 4.39 Å². The van der Waals surface area contributed by atoms with Crippen LogP contribution in [0.15, 0.2) is 81.9 Å². The molecule has 2 heterocycles. The zero-order chi connectivity index (χ0) is 20.2. The van der Waals surface area contributed by atoms with Crippen LogP contribution >= 0.6 is 11.6 Å². The van der Waals surface area contributed by atoms with Crippen LogP contribution in [0.1, 0.15) is 21.8 Å². The van der Waals surface area contributed by atoms with E-state index in [1.807, 2.05) is 0 Å². The number of rotatable bonds is 6. The van der Waals surface area contributed by atoms with Crippen LogP contribution in [0.25, 0.3) is 11.3 Å². The molecule has 0 spiro atoms. The van der Waals surface area contributed by atoms with Crippen molar-refractivity contribution in [3.8, 4) is 11.3 Å². The molecule has 2 aromatic carbocycles. The van der Waals surface area contributed by atoms with Gasteiger partial charge in [0.2, 0.25) is 0 Å². The van der Waals surface area contributed by atoms with Gasteiger partial charge in [0.25, 0.3) is 5.91 Å². The number of hydrogen-bond donors (Lipinski definition) is 0. The lowest BCUT2D eigenvalue weighted by molar-refractivity contribution is 0.0707. The van der Waals surface area contributed by atoms with Gasteiger partial charge in [-0.05, 0) is 54.1 Å². The number of hydrogen-bond acceptors (Lipinski definition) is 4. The topological polar surface area (TPSA) is 59.5 Å². The Morgan fingerprint density at radius 3 is 2.59 bits per heavy atom. The third kappa shape index (κ3) is 4.55. The van der Waals surface area contributed by atoms with E-state index in [4.69, 9.17) is 20.5 Å². The smallest absolute Gasteiger partial charge is 0.276 e. The van der Waals surface area contributed by atoms with E-state index in [1.54, 1.807) is 54.6 Å². The van der Waals surface area contributed by atoms with Crippen LogP contribution in [0.5, 0.6) is 0 Å². The molecule has 0 atom stereocenters. The molecular weight excluding hydrogens is 395 g/mol. The Morgan fingerprint density at radius 2 is 1.86 bits per heavy atom. The average molecular weight is 411 g/mol. The summed E-state index contributed by atoms with van der Waals surface area (Å²) in [4.78, 5) is 14.6. The van der Waals surface area contributed by atoms with E-state index in [9.17, 15) is 9.18 Å². The molecule has 0 unspecified atom stereocenters. The lowest BCUT2D eigenvalue weighted by atomic mass is 10.1. The molecule has 2 aromatic heterocycles. The van der Waals surface area contributed by atoms with Crippen molar-refractivity contribution in [3.05, 3.63) is 101 Å². The molecule has 0 aliphatic heterocycles. The summed E-state index contributed by atoms with van der Waals surface area (Å²) in [5, 5.41) is 4.52. The number of amides is 1. The zero-order valence-electron chi connectivity index (χ0n) is 15.2. The number of benzene rings is 2. The van der Waals surface area contributed by atoms with E-state index in [-0.39, 0.29) is 30.5 Å². The minimum absolute atomic E-state index is 0.151. The first-order valence-electron chi connectivity index (χ1n) is 8.87. The fourth-order valence-electron chi connectivity index (χ4n) is 2.93. The SMILES string of the molecule is O=C(c1cc(-c2ccc(Cl)cc2)on1)N(Cc1cccc(F)c1)Cc1ccco1. The minimum atomic E-state index is -0.362. The molecule has 0 aliphatic rings. The number of furan rings is 1. The fraction of sp³-hybridized carbons (Fsp3) is 0.0909. The van der Waals surface area contributed by atoms with Gasteiger partial charge in [-0.1, -0.05) is 28.9 Å². The Bertz CT molecular complexity index is 1110. The summed E-state index contributed by atoms with van der Waals surface area (Å²) in [6.07, 6.45) is 1.54. The number of carbonyl (C=O) groups is 1. The summed E-state index contributed by atoms with van der Waals surface area (Å²) < 4.78 is 24.3. The molecule has 29 heavy (non-hydrogen) atoms. The first-order valence-corrected chi connectivity index (χ1v) is 9.25. The van der Waals surface area contributed by atoms with Crippen LogP contribution in [-0.2, 0) is 13.1 Å². The molecule has 7 heteroatoms. The maximum absolute atomic E-state index is 13.6. The quantitative estimate of drug-likeness (QED) is 0.417. The van der Waals surface area contributed by atoms with Crippen LogP contribution in [0, 0.1) is 5.82 Å². The Hall–Kier alpha value is -3.38. The van der Waals surface area contributed by atoms with Gasteiger partial charge in [-0.2, -0.15) is 0 Å². The van der Waals surface area contributed by atoms with E-state index in [2.05, 4.69) is 5.16 Å². The molecule has 4 aromatic rings. The highest BCUT2D eigenvalue weighted by atomic mass is 35.5. The molecule has 0 saturated carbocycles.